The number of para-hydroxylation sites is 1. The highest BCUT2D eigenvalue weighted by Crippen LogP contribution is 2.31. The third kappa shape index (κ3) is 5.35. The smallest absolute Gasteiger partial charge is 0.240 e. The van der Waals surface area contributed by atoms with Gasteiger partial charge in [0.05, 0.1) is 28.9 Å². The molecular formula is C23H24FNO6S2. The zero-order chi connectivity index (χ0) is 24.2. The maximum absolute atomic E-state index is 13.2. The number of ether oxygens (including phenoxy) is 2. The quantitative estimate of drug-likeness (QED) is 0.458. The molecule has 3 aromatic rings. The fourth-order valence-electron chi connectivity index (χ4n) is 3.34. The molecule has 10 heteroatoms. The van der Waals surface area contributed by atoms with Gasteiger partial charge in [0.1, 0.15) is 5.82 Å². The van der Waals surface area contributed by atoms with Crippen molar-refractivity contribution < 1.29 is 30.7 Å². The lowest BCUT2D eigenvalue weighted by molar-refractivity contribution is 0.351. The van der Waals surface area contributed by atoms with Crippen molar-refractivity contribution in [2.75, 3.05) is 20.8 Å². The van der Waals surface area contributed by atoms with Gasteiger partial charge in [-0.3, -0.25) is 0 Å². The van der Waals surface area contributed by atoms with Gasteiger partial charge in [-0.05, 0) is 66.9 Å². The van der Waals surface area contributed by atoms with Crippen molar-refractivity contribution in [2.45, 2.75) is 28.0 Å². The number of hydrogen-bond donors (Lipinski definition) is 1. The molecule has 0 fully saturated rings. The van der Waals surface area contributed by atoms with Gasteiger partial charge in [0.25, 0.3) is 0 Å². The molecule has 0 unspecified atom stereocenters. The van der Waals surface area contributed by atoms with Gasteiger partial charge in [-0.25, -0.2) is 25.9 Å². The van der Waals surface area contributed by atoms with Gasteiger partial charge in [0, 0.05) is 6.54 Å². The van der Waals surface area contributed by atoms with Gasteiger partial charge in [-0.15, -0.1) is 0 Å². The van der Waals surface area contributed by atoms with Crippen LogP contribution in [0.25, 0.3) is 0 Å². The van der Waals surface area contributed by atoms with Crippen LogP contribution in [0.4, 0.5) is 4.39 Å². The Morgan fingerprint density at radius 3 is 2.18 bits per heavy atom. The summed E-state index contributed by atoms with van der Waals surface area (Å²) in [6.07, 6.45) is 0.326. The van der Waals surface area contributed by atoms with Crippen LogP contribution in [0.1, 0.15) is 11.1 Å². The first kappa shape index (κ1) is 24.7. The second-order valence-corrected chi connectivity index (χ2v) is 10.9. The van der Waals surface area contributed by atoms with E-state index in [-0.39, 0.29) is 21.2 Å². The van der Waals surface area contributed by atoms with E-state index < -0.39 is 25.7 Å². The molecule has 33 heavy (non-hydrogen) atoms. The molecule has 7 nitrogen and oxygen atoms in total. The maximum Gasteiger partial charge on any atom is 0.240 e. The van der Waals surface area contributed by atoms with Gasteiger partial charge in [-0.2, -0.15) is 0 Å². The second kappa shape index (κ2) is 9.90. The summed E-state index contributed by atoms with van der Waals surface area (Å²) in [5.41, 5.74) is 1.14. The molecule has 0 radical (unpaired) electrons. The van der Waals surface area contributed by atoms with Crippen molar-refractivity contribution in [3.05, 3.63) is 77.6 Å². The van der Waals surface area contributed by atoms with Crippen molar-refractivity contribution in [3.8, 4) is 11.5 Å². The Balaban J connectivity index is 1.85. The van der Waals surface area contributed by atoms with Gasteiger partial charge < -0.3 is 9.47 Å². The average Bonchev–Trinajstić information content (AvgIpc) is 2.79. The van der Waals surface area contributed by atoms with E-state index in [4.69, 9.17) is 9.47 Å². The number of hydrogen-bond acceptors (Lipinski definition) is 6. The first-order valence-electron chi connectivity index (χ1n) is 9.91. The van der Waals surface area contributed by atoms with Gasteiger partial charge in [-0.1, -0.05) is 18.2 Å². The van der Waals surface area contributed by atoms with Crippen molar-refractivity contribution >= 4 is 19.9 Å². The van der Waals surface area contributed by atoms with Crippen LogP contribution in [-0.4, -0.2) is 37.6 Å². The molecule has 0 spiro atoms. The zero-order valence-electron chi connectivity index (χ0n) is 18.3. The minimum Gasteiger partial charge on any atom is -0.493 e. The first-order valence-corrected chi connectivity index (χ1v) is 12.9. The van der Waals surface area contributed by atoms with Crippen LogP contribution >= 0.6 is 0 Å². The lowest BCUT2D eigenvalue weighted by atomic mass is 10.1. The molecule has 0 aliphatic rings. The highest BCUT2D eigenvalue weighted by Gasteiger charge is 2.23. The van der Waals surface area contributed by atoms with Crippen molar-refractivity contribution in [1.82, 2.24) is 4.72 Å². The number of sulfonamides is 1. The Kier molecular flexibility index (Phi) is 7.41. The van der Waals surface area contributed by atoms with Gasteiger partial charge in [0.15, 0.2) is 11.5 Å². The highest BCUT2D eigenvalue weighted by molar-refractivity contribution is 7.91. The summed E-state index contributed by atoms with van der Waals surface area (Å²) >= 11 is 0. The van der Waals surface area contributed by atoms with E-state index in [1.54, 1.807) is 25.1 Å². The maximum atomic E-state index is 13.2. The topological polar surface area (TPSA) is 98.8 Å². The molecule has 3 rings (SSSR count). The SMILES string of the molecule is COc1cccc(CCNS(=O)(=O)c2cc(S(=O)(=O)c3ccc(F)cc3)ccc2C)c1OC. The summed E-state index contributed by atoms with van der Waals surface area (Å²) in [6, 6.07) is 13.5. The molecule has 0 bridgehead atoms. The van der Waals surface area contributed by atoms with Crippen LogP contribution in [0, 0.1) is 12.7 Å². The van der Waals surface area contributed by atoms with Crippen molar-refractivity contribution in [2.24, 2.45) is 0 Å². The number of benzene rings is 3. The molecule has 0 aliphatic heterocycles. The van der Waals surface area contributed by atoms with Crippen molar-refractivity contribution in [3.63, 3.8) is 0 Å². The summed E-state index contributed by atoms with van der Waals surface area (Å²) in [4.78, 5) is -0.480. The van der Waals surface area contributed by atoms with Crippen LogP contribution in [0.5, 0.6) is 11.5 Å². The lowest BCUT2D eigenvalue weighted by Gasteiger charge is -2.14. The van der Waals surface area contributed by atoms with E-state index in [0.29, 0.717) is 23.5 Å². The second-order valence-electron chi connectivity index (χ2n) is 7.19. The van der Waals surface area contributed by atoms with Crippen LogP contribution < -0.4 is 14.2 Å². The monoisotopic (exact) mass is 493 g/mol. The Morgan fingerprint density at radius 1 is 0.879 bits per heavy atom. The standard InChI is InChI=1S/C23H24FNO6S2/c1-16-7-10-20(32(26,27)19-11-8-18(24)9-12-19)15-22(16)33(28,29)25-14-13-17-5-4-6-21(30-2)23(17)31-3/h4-12,15,25H,13-14H2,1-3H3. The minimum atomic E-state index is -4.02. The average molecular weight is 494 g/mol. The number of nitrogens with one attached hydrogen (secondary N) is 1. The summed E-state index contributed by atoms with van der Waals surface area (Å²) < 4.78 is 78.1. The molecule has 0 aromatic heterocycles. The molecule has 0 heterocycles. The molecule has 0 aliphatic carbocycles. The first-order chi connectivity index (χ1) is 15.6. The van der Waals surface area contributed by atoms with Gasteiger partial charge >= 0.3 is 0 Å². The molecule has 176 valence electrons. The predicted molar refractivity (Wildman–Crippen MR) is 121 cm³/mol. The molecular weight excluding hydrogens is 469 g/mol. The number of halogens is 1. The highest BCUT2D eigenvalue weighted by atomic mass is 32.2. The Labute approximate surface area is 193 Å². The largest absolute Gasteiger partial charge is 0.493 e. The van der Waals surface area contributed by atoms with Crippen molar-refractivity contribution in [1.29, 1.82) is 0 Å². The molecule has 0 saturated heterocycles. The minimum absolute atomic E-state index is 0.0558. The van der Waals surface area contributed by atoms with E-state index in [2.05, 4.69) is 4.72 Å². The number of rotatable bonds is 9. The molecule has 3 aromatic carbocycles. The Hall–Kier alpha value is -2.95. The summed E-state index contributed by atoms with van der Waals surface area (Å²) in [5.74, 6) is 0.480. The molecule has 0 atom stereocenters. The number of sulfone groups is 1. The van der Waals surface area contributed by atoms with E-state index in [9.17, 15) is 21.2 Å². The fraction of sp³-hybridized carbons (Fsp3) is 0.217. The number of methoxy groups -OCH3 is 2. The third-order valence-corrected chi connectivity index (χ3v) is 8.42. The van der Waals surface area contributed by atoms with E-state index >= 15 is 0 Å². The van der Waals surface area contributed by atoms with Crippen LogP contribution in [0.2, 0.25) is 0 Å². The normalized spacial score (nSPS) is 11.9. The predicted octanol–water partition coefficient (Wildman–Crippen LogP) is 3.51. The summed E-state index contributed by atoms with van der Waals surface area (Å²) in [5, 5.41) is 0. The fourth-order valence-corrected chi connectivity index (χ4v) is 6.00. The Bertz CT molecular complexity index is 1350. The molecule has 1 N–H and O–H groups in total. The molecule has 0 amide bonds. The van der Waals surface area contributed by atoms with E-state index in [1.807, 2.05) is 0 Å². The van der Waals surface area contributed by atoms with Gasteiger partial charge in [0.2, 0.25) is 19.9 Å². The Morgan fingerprint density at radius 2 is 1.55 bits per heavy atom. The molecule has 0 saturated carbocycles. The van der Waals surface area contributed by atoms with Crippen LogP contribution in [0.3, 0.4) is 0 Å². The number of aryl methyl sites for hydroxylation is 1. The van der Waals surface area contributed by atoms with Crippen LogP contribution in [0.15, 0.2) is 75.4 Å². The van der Waals surface area contributed by atoms with E-state index in [0.717, 1.165) is 35.9 Å². The third-order valence-electron chi connectivity index (χ3n) is 5.05. The summed E-state index contributed by atoms with van der Waals surface area (Å²) in [6.45, 7) is 1.63. The zero-order valence-corrected chi connectivity index (χ0v) is 20.0. The van der Waals surface area contributed by atoms with Crippen LogP contribution in [-0.2, 0) is 26.3 Å². The van der Waals surface area contributed by atoms with E-state index in [1.165, 1.54) is 26.4 Å². The summed E-state index contributed by atoms with van der Waals surface area (Å²) in [7, 11) is -5.02. The lowest BCUT2D eigenvalue weighted by Crippen LogP contribution is -2.27.